The Hall–Kier alpha value is -0.640. The minimum absolute atomic E-state index is 0.136. The van der Waals surface area contributed by atoms with Crippen LogP contribution in [0.2, 0.25) is 0 Å². The van der Waals surface area contributed by atoms with Crippen molar-refractivity contribution >= 4 is 11.6 Å². The highest BCUT2D eigenvalue weighted by atomic mass is 35.5. The van der Waals surface area contributed by atoms with E-state index in [0.717, 1.165) is 11.7 Å². The smallest absolute Gasteiger partial charge is 0.166 e. The van der Waals surface area contributed by atoms with E-state index in [0.29, 0.717) is 16.7 Å². The molecule has 4 aliphatic rings. The quantitative estimate of drug-likeness (QED) is 0.782. The van der Waals surface area contributed by atoms with Gasteiger partial charge in [0.15, 0.2) is 5.82 Å². The Balaban J connectivity index is 1.83. The van der Waals surface area contributed by atoms with Gasteiger partial charge in [-0.05, 0) is 65.7 Å². The molecule has 0 radical (unpaired) electrons. The third-order valence-electron chi connectivity index (χ3n) is 5.70. The van der Waals surface area contributed by atoms with Crippen molar-refractivity contribution in [2.75, 3.05) is 0 Å². The molecule has 0 amide bonds. The average molecular weight is 281 g/mol. The van der Waals surface area contributed by atoms with Crippen LogP contribution in [0.1, 0.15) is 58.2 Å². The minimum atomic E-state index is 0.136. The molecule has 5 rings (SSSR count). The number of aromatic nitrogens is 4. The van der Waals surface area contributed by atoms with E-state index in [1.807, 2.05) is 0 Å². The molecule has 104 valence electrons. The summed E-state index contributed by atoms with van der Waals surface area (Å²) in [6.45, 7) is 4.93. The molecule has 5 heteroatoms. The second kappa shape index (κ2) is 3.51. The highest BCUT2D eigenvalue weighted by Gasteiger charge is 2.61. The fraction of sp³-hybridized carbons (Fsp3) is 0.929. The first-order valence-corrected chi connectivity index (χ1v) is 7.83. The monoisotopic (exact) mass is 280 g/mol. The summed E-state index contributed by atoms with van der Waals surface area (Å²) in [6.07, 6.45) is 7.84. The maximum Gasteiger partial charge on any atom is 0.166 e. The van der Waals surface area contributed by atoms with Crippen LogP contribution in [0, 0.1) is 16.7 Å². The molecule has 1 heterocycles. The predicted molar refractivity (Wildman–Crippen MR) is 72.8 cm³/mol. The summed E-state index contributed by atoms with van der Waals surface area (Å²) in [7, 11) is 0. The first-order chi connectivity index (χ1) is 8.96. The third-order valence-corrected chi connectivity index (χ3v) is 5.94. The van der Waals surface area contributed by atoms with Crippen LogP contribution in [0.25, 0.3) is 0 Å². The van der Waals surface area contributed by atoms with E-state index in [1.54, 1.807) is 0 Å². The predicted octanol–water partition coefficient (Wildman–Crippen LogP) is 3.12. The van der Waals surface area contributed by atoms with Crippen LogP contribution < -0.4 is 0 Å². The van der Waals surface area contributed by atoms with E-state index in [4.69, 9.17) is 11.6 Å². The Morgan fingerprint density at radius 3 is 2.42 bits per heavy atom. The lowest BCUT2D eigenvalue weighted by molar-refractivity contribution is -0.141. The first kappa shape index (κ1) is 12.1. The number of hydrogen-bond donors (Lipinski definition) is 0. The molecule has 0 aliphatic heterocycles. The van der Waals surface area contributed by atoms with Gasteiger partial charge in [0.2, 0.25) is 0 Å². The van der Waals surface area contributed by atoms with Crippen molar-refractivity contribution < 1.29 is 0 Å². The zero-order valence-electron chi connectivity index (χ0n) is 11.7. The van der Waals surface area contributed by atoms with Gasteiger partial charge in [0.1, 0.15) is 0 Å². The standard InChI is InChI=1S/C14H21ClN4/c1-12-3-10-4-13(2,7-12)9-14(5-10,8-12)19-11(6-15)16-17-18-19/h10H,3-9H2,1-2H3. The molecule has 0 spiro atoms. The summed E-state index contributed by atoms with van der Waals surface area (Å²) in [5, 5.41) is 12.3. The SMILES string of the molecule is CC12CC3CC(C)(C1)CC(n1nnnc1CCl)(C3)C2. The molecule has 4 bridgehead atoms. The van der Waals surface area contributed by atoms with Gasteiger partial charge in [0.05, 0.1) is 11.4 Å². The summed E-state index contributed by atoms with van der Waals surface area (Å²) >= 11 is 6.02. The van der Waals surface area contributed by atoms with Crippen molar-refractivity contribution in [3.63, 3.8) is 0 Å². The number of hydrogen-bond acceptors (Lipinski definition) is 3. The molecule has 0 aromatic carbocycles. The average Bonchev–Trinajstić information content (AvgIpc) is 2.72. The van der Waals surface area contributed by atoms with Crippen molar-refractivity contribution in [3.05, 3.63) is 5.82 Å². The van der Waals surface area contributed by atoms with Gasteiger partial charge in [-0.1, -0.05) is 13.8 Å². The van der Waals surface area contributed by atoms with Crippen molar-refractivity contribution in [1.29, 1.82) is 0 Å². The highest BCUT2D eigenvalue weighted by Crippen LogP contribution is 2.68. The summed E-state index contributed by atoms with van der Waals surface area (Å²) in [5.41, 5.74) is 1.09. The van der Waals surface area contributed by atoms with E-state index in [1.165, 1.54) is 38.5 Å². The van der Waals surface area contributed by atoms with Gasteiger partial charge in [0, 0.05) is 0 Å². The number of rotatable bonds is 2. The van der Waals surface area contributed by atoms with Gasteiger partial charge >= 0.3 is 0 Å². The summed E-state index contributed by atoms with van der Waals surface area (Å²) in [4.78, 5) is 0. The Bertz CT molecular complexity index is 507. The molecule has 1 aromatic heterocycles. The van der Waals surface area contributed by atoms with Gasteiger partial charge in [-0.25, -0.2) is 4.68 Å². The molecule has 19 heavy (non-hydrogen) atoms. The van der Waals surface area contributed by atoms with Gasteiger partial charge in [-0.3, -0.25) is 0 Å². The summed E-state index contributed by atoms with van der Waals surface area (Å²) in [6, 6.07) is 0. The fourth-order valence-corrected chi connectivity index (χ4v) is 6.45. The zero-order valence-corrected chi connectivity index (χ0v) is 12.4. The Kier molecular flexibility index (Phi) is 2.24. The van der Waals surface area contributed by atoms with E-state index in [9.17, 15) is 0 Å². The van der Waals surface area contributed by atoms with Crippen LogP contribution in [-0.4, -0.2) is 20.2 Å². The van der Waals surface area contributed by atoms with Crippen molar-refractivity contribution in [1.82, 2.24) is 20.2 Å². The van der Waals surface area contributed by atoms with E-state index in [-0.39, 0.29) is 5.54 Å². The van der Waals surface area contributed by atoms with Gasteiger partial charge < -0.3 is 0 Å². The number of alkyl halides is 1. The van der Waals surface area contributed by atoms with Crippen LogP contribution >= 0.6 is 11.6 Å². The van der Waals surface area contributed by atoms with Crippen LogP contribution in [-0.2, 0) is 11.4 Å². The molecular weight excluding hydrogens is 260 g/mol. The highest BCUT2D eigenvalue weighted by molar-refractivity contribution is 6.16. The topological polar surface area (TPSA) is 43.6 Å². The van der Waals surface area contributed by atoms with Crippen molar-refractivity contribution in [3.8, 4) is 0 Å². The minimum Gasteiger partial charge on any atom is -0.222 e. The lowest BCUT2D eigenvalue weighted by Crippen LogP contribution is -2.59. The Labute approximate surface area is 118 Å². The summed E-state index contributed by atoms with van der Waals surface area (Å²) in [5.74, 6) is 2.10. The van der Waals surface area contributed by atoms with E-state index < -0.39 is 0 Å². The molecule has 4 aliphatic carbocycles. The number of halogens is 1. The van der Waals surface area contributed by atoms with E-state index >= 15 is 0 Å². The molecule has 1 aromatic rings. The largest absolute Gasteiger partial charge is 0.222 e. The van der Waals surface area contributed by atoms with Crippen LogP contribution in [0.5, 0.6) is 0 Å². The van der Waals surface area contributed by atoms with Gasteiger partial charge in [0.25, 0.3) is 0 Å². The molecule has 0 saturated heterocycles. The van der Waals surface area contributed by atoms with E-state index in [2.05, 4.69) is 34.1 Å². The molecule has 2 unspecified atom stereocenters. The van der Waals surface area contributed by atoms with Gasteiger partial charge in [-0.2, -0.15) is 0 Å². The molecule has 4 nitrogen and oxygen atoms in total. The molecule has 0 N–H and O–H groups in total. The van der Waals surface area contributed by atoms with Crippen LogP contribution in [0.15, 0.2) is 0 Å². The van der Waals surface area contributed by atoms with Crippen LogP contribution in [0.3, 0.4) is 0 Å². The molecule has 4 fully saturated rings. The number of nitrogens with zero attached hydrogens (tertiary/aromatic N) is 4. The fourth-order valence-electron chi connectivity index (χ4n) is 6.28. The van der Waals surface area contributed by atoms with Crippen molar-refractivity contribution in [2.45, 2.75) is 63.8 Å². The molecule has 4 saturated carbocycles. The first-order valence-electron chi connectivity index (χ1n) is 7.30. The summed E-state index contributed by atoms with van der Waals surface area (Å²) < 4.78 is 2.08. The van der Waals surface area contributed by atoms with Crippen molar-refractivity contribution in [2.24, 2.45) is 16.7 Å². The third kappa shape index (κ3) is 1.61. The Morgan fingerprint density at radius 2 is 1.84 bits per heavy atom. The maximum atomic E-state index is 6.02. The normalized spacial score (nSPS) is 47.8. The lowest BCUT2D eigenvalue weighted by atomic mass is 9.43. The molecular formula is C14H21ClN4. The van der Waals surface area contributed by atoms with Gasteiger partial charge in [-0.15, -0.1) is 16.7 Å². The zero-order chi connectivity index (χ0) is 13.3. The second-order valence-corrected chi connectivity index (χ2v) is 8.26. The lowest BCUT2D eigenvalue weighted by Gasteiger charge is -2.65. The maximum absolute atomic E-state index is 6.02. The molecule has 2 atom stereocenters. The van der Waals surface area contributed by atoms with Crippen LogP contribution in [0.4, 0.5) is 0 Å². The number of tetrazole rings is 1. The second-order valence-electron chi connectivity index (χ2n) is 7.99. The Morgan fingerprint density at radius 1 is 1.16 bits per heavy atom.